The third-order valence-electron chi connectivity index (χ3n) is 3.29. The number of piperazine rings is 1. The Hall–Kier alpha value is -2.44. The van der Waals surface area contributed by atoms with Gasteiger partial charge in [-0.1, -0.05) is 6.07 Å². The van der Waals surface area contributed by atoms with Gasteiger partial charge in [-0.25, -0.2) is 4.39 Å². The highest BCUT2D eigenvalue weighted by Crippen LogP contribution is 2.10. The van der Waals surface area contributed by atoms with Crippen LogP contribution in [0.1, 0.15) is 6.92 Å². The molecular weight excluding hydrogens is 277 g/mol. The quantitative estimate of drug-likeness (QED) is 0.765. The van der Waals surface area contributed by atoms with Gasteiger partial charge in [0.05, 0.1) is 0 Å². The van der Waals surface area contributed by atoms with Crippen LogP contribution in [0.2, 0.25) is 0 Å². The maximum absolute atomic E-state index is 13.0. The Morgan fingerprint density at radius 3 is 2.29 bits per heavy atom. The van der Waals surface area contributed by atoms with Crippen LogP contribution in [0.5, 0.6) is 0 Å². The SMILES string of the molecule is CC(=O)N1CCN(C(=O)C(=O)Nc2cccc(F)c2)CC1. The molecule has 1 N–H and O–H groups in total. The Balaban J connectivity index is 1.91. The molecule has 6 nitrogen and oxygen atoms in total. The van der Waals surface area contributed by atoms with Crippen LogP contribution in [0.15, 0.2) is 24.3 Å². The van der Waals surface area contributed by atoms with E-state index >= 15 is 0 Å². The second kappa shape index (κ2) is 6.34. The molecule has 0 bridgehead atoms. The van der Waals surface area contributed by atoms with Gasteiger partial charge >= 0.3 is 11.8 Å². The fourth-order valence-corrected chi connectivity index (χ4v) is 2.12. The van der Waals surface area contributed by atoms with Crippen molar-refractivity contribution in [1.82, 2.24) is 9.80 Å². The number of benzene rings is 1. The van der Waals surface area contributed by atoms with Gasteiger partial charge in [-0.3, -0.25) is 14.4 Å². The van der Waals surface area contributed by atoms with Crippen molar-refractivity contribution < 1.29 is 18.8 Å². The van der Waals surface area contributed by atoms with E-state index in [1.54, 1.807) is 4.90 Å². The second-order valence-electron chi connectivity index (χ2n) is 4.76. The van der Waals surface area contributed by atoms with Gasteiger partial charge in [0, 0.05) is 38.8 Å². The third kappa shape index (κ3) is 3.77. The van der Waals surface area contributed by atoms with Gasteiger partial charge < -0.3 is 15.1 Å². The van der Waals surface area contributed by atoms with Gasteiger partial charge in [0.15, 0.2) is 0 Å². The number of carbonyl (C=O) groups excluding carboxylic acids is 3. The maximum Gasteiger partial charge on any atom is 0.313 e. The number of carbonyl (C=O) groups is 3. The summed E-state index contributed by atoms with van der Waals surface area (Å²) in [5, 5.41) is 2.36. The monoisotopic (exact) mass is 293 g/mol. The van der Waals surface area contributed by atoms with Gasteiger partial charge in [0.1, 0.15) is 5.82 Å². The Morgan fingerprint density at radius 1 is 1.10 bits per heavy atom. The molecule has 0 saturated carbocycles. The minimum atomic E-state index is -0.808. The molecule has 1 heterocycles. The molecule has 1 saturated heterocycles. The predicted molar refractivity (Wildman–Crippen MR) is 73.9 cm³/mol. The van der Waals surface area contributed by atoms with Crippen LogP contribution in [0.3, 0.4) is 0 Å². The lowest BCUT2D eigenvalue weighted by molar-refractivity contribution is -0.145. The van der Waals surface area contributed by atoms with Crippen molar-refractivity contribution in [1.29, 1.82) is 0 Å². The molecule has 0 spiro atoms. The van der Waals surface area contributed by atoms with Gasteiger partial charge in [-0.15, -0.1) is 0 Å². The van der Waals surface area contributed by atoms with Crippen molar-refractivity contribution in [3.05, 3.63) is 30.1 Å². The lowest BCUT2D eigenvalue weighted by atomic mass is 10.3. The van der Waals surface area contributed by atoms with Crippen LogP contribution < -0.4 is 5.32 Å². The molecule has 0 aromatic heterocycles. The van der Waals surface area contributed by atoms with E-state index in [9.17, 15) is 18.8 Å². The van der Waals surface area contributed by atoms with Crippen LogP contribution in [-0.2, 0) is 14.4 Å². The molecule has 7 heteroatoms. The minimum absolute atomic E-state index is 0.0497. The zero-order valence-electron chi connectivity index (χ0n) is 11.6. The summed E-state index contributed by atoms with van der Waals surface area (Å²) in [4.78, 5) is 38.0. The van der Waals surface area contributed by atoms with Crippen molar-refractivity contribution in [2.75, 3.05) is 31.5 Å². The first kappa shape index (κ1) is 15.0. The van der Waals surface area contributed by atoms with Crippen LogP contribution >= 0.6 is 0 Å². The normalized spacial score (nSPS) is 14.8. The molecule has 3 amide bonds. The van der Waals surface area contributed by atoms with Gasteiger partial charge in [-0.2, -0.15) is 0 Å². The summed E-state index contributed by atoms with van der Waals surface area (Å²) in [6, 6.07) is 5.33. The standard InChI is InChI=1S/C14H16FN3O3/c1-10(19)17-5-7-18(8-6-17)14(21)13(20)16-12-4-2-3-11(15)9-12/h2-4,9H,5-8H2,1H3,(H,16,20). The van der Waals surface area contributed by atoms with E-state index in [2.05, 4.69) is 5.32 Å². The topological polar surface area (TPSA) is 69.7 Å². The third-order valence-corrected chi connectivity index (χ3v) is 3.29. The Kier molecular flexibility index (Phi) is 4.52. The lowest BCUT2D eigenvalue weighted by Gasteiger charge is -2.33. The highest BCUT2D eigenvalue weighted by atomic mass is 19.1. The van der Waals surface area contributed by atoms with Crippen molar-refractivity contribution in [3.63, 3.8) is 0 Å². The van der Waals surface area contributed by atoms with E-state index in [0.29, 0.717) is 26.2 Å². The Bertz CT molecular complexity index is 568. The van der Waals surface area contributed by atoms with Gasteiger partial charge in [0.2, 0.25) is 5.91 Å². The summed E-state index contributed by atoms with van der Waals surface area (Å²) in [5.41, 5.74) is 0.232. The molecule has 0 unspecified atom stereocenters. The number of nitrogens with one attached hydrogen (secondary N) is 1. The molecule has 1 fully saturated rings. The first-order chi connectivity index (χ1) is 9.97. The molecule has 21 heavy (non-hydrogen) atoms. The number of halogens is 1. The van der Waals surface area contributed by atoms with E-state index in [-0.39, 0.29) is 11.6 Å². The Labute approximate surface area is 121 Å². The molecule has 0 atom stereocenters. The smallest absolute Gasteiger partial charge is 0.313 e. The molecule has 1 aromatic rings. The zero-order chi connectivity index (χ0) is 15.4. The highest BCUT2D eigenvalue weighted by Gasteiger charge is 2.26. The molecule has 112 valence electrons. The number of hydrogen-bond donors (Lipinski definition) is 1. The minimum Gasteiger partial charge on any atom is -0.339 e. The molecule has 1 aromatic carbocycles. The summed E-state index contributed by atoms with van der Waals surface area (Å²) in [6.07, 6.45) is 0. The van der Waals surface area contributed by atoms with Gasteiger partial charge in [0.25, 0.3) is 0 Å². The van der Waals surface area contributed by atoms with Crippen LogP contribution in [0, 0.1) is 5.82 Å². The van der Waals surface area contributed by atoms with Crippen LogP contribution in [-0.4, -0.2) is 53.7 Å². The van der Waals surface area contributed by atoms with Crippen molar-refractivity contribution in [2.45, 2.75) is 6.92 Å². The average Bonchev–Trinajstić information content (AvgIpc) is 2.46. The van der Waals surface area contributed by atoms with E-state index < -0.39 is 17.6 Å². The molecule has 0 aliphatic carbocycles. The van der Waals surface area contributed by atoms with E-state index in [1.165, 1.54) is 30.0 Å². The second-order valence-corrected chi connectivity index (χ2v) is 4.76. The average molecular weight is 293 g/mol. The van der Waals surface area contributed by atoms with Crippen molar-refractivity contribution in [2.24, 2.45) is 0 Å². The number of rotatable bonds is 1. The predicted octanol–water partition coefficient (Wildman–Crippen LogP) is 0.455. The maximum atomic E-state index is 13.0. The molecular formula is C14H16FN3O3. The molecule has 1 aliphatic heterocycles. The van der Waals surface area contributed by atoms with Crippen molar-refractivity contribution in [3.8, 4) is 0 Å². The Morgan fingerprint density at radius 2 is 1.71 bits per heavy atom. The largest absolute Gasteiger partial charge is 0.339 e. The zero-order valence-corrected chi connectivity index (χ0v) is 11.6. The van der Waals surface area contributed by atoms with E-state index in [4.69, 9.17) is 0 Å². The van der Waals surface area contributed by atoms with E-state index in [1.807, 2.05) is 0 Å². The number of anilines is 1. The number of amides is 3. The molecule has 0 radical (unpaired) electrons. The summed E-state index contributed by atoms with van der Waals surface area (Å²) in [6.45, 7) is 2.92. The summed E-state index contributed by atoms with van der Waals surface area (Å²) in [5.74, 6) is -2.03. The number of hydrogen-bond acceptors (Lipinski definition) is 3. The van der Waals surface area contributed by atoms with Crippen LogP contribution in [0.4, 0.5) is 10.1 Å². The first-order valence-electron chi connectivity index (χ1n) is 6.58. The van der Waals surface area contributed by atoms with E-state index in [0.717, 1.165) is 6.07 Å². The number of nitrogens with zero attached hydrogens (tertiary/aromatic N) is 2. The summed E-state index contributed by atoms with van der Waals surface area (Å²) < 4.78 is 13.0. The first-order valence-corrected chi connectivity index (χ1v) is 6.58. The van der Waals surface area contributed by atoms with Gasteiger partial charge in [-0.05, 0) is 18.2 Å². The van der Waals surface area contributed by atoms with Crippen LogP contribution in [0.25, 0.3) is 0 Å². The molecule has 2 rings (SSSR count). The lowest BCUT2D eigenvalue weighted by Crippen LogP contribution is -2.52. The van der Waals surface area contributed by atoms with Crippen molar-refractivity contribution >= 4 is 23.4 Å². The fourth-order valence-electron chi connectivity index (χ4n) is 2.12. The molecule has 1 aliphatic rings. The highest BCUT2D eigenvalue weighted by molar-refractivity contribution is 6.39. The summed E-state index contributed by atoms with van der Waals surface area (Å²) >= 11 is 0. The fraction of sp³-hybridized carbons (Fsp3) is 0.357. The summed E-state index contributed by atoms with van der Waals surface area (Å²) in [7, 11) is 0.